The summed E-state index contributed by atoms with van der Waals surface area (Å²) in [6.45, 7) is 13.7. The van der Waals surface area contributed by atoms with Crippen molar-refractivity contribution in [1.29, 1.82) is 0 Å². The third kappa shape index (κ3) is 7.14. The third-order valence-corrected chi connectivity index (χ3v) is 11.0. The first kappa shape index (κ1) is 25.5. The van der Waals surface area contributed by atoms with E-state index in [1.54, 1.807) is 6.07 Å². The van der Waals surface area contributed by atoms with Gasteiger partial charge in [-0.05, 0) is 42.2 Å². The number of carbonyl (C=O) groups is 1. The number of fused-ring (bicyclic) bond motifs is 1. The van der Waals surface area contributed by atoms with Crippen LogP contribution in [0.2, 0.25) is 18.1 Å². The molecule has 0 saturated carbocycles. The second-order valence-electron chi connectivity index (χ2n) is 10.1. The summed E-state index contributed by atoms with van der Waals surface area (Å²) in [6, 6.07) is 9.99. The van der Waals surface area contributed by atoms with E-state index in [-0.39, 0.29) is 11.1 Å². The van der Waals surface area contributed by atoms with Gasteiger partial charge in [-0.25, -0.2) is 9.78 Å². The molecule has 0 radical (unpaired) electrons. The van der Waals surface area contributed by atoms with Gasteiger partial charge < -0.3 is 9.16 Å². The van der Waals surface area contributed by atoms with E-state index in [0.717, 1.165) is 29.3 Å². The Morgan fingerprint density at radius 3 is 2.32 bits per heavy atom. The predicted molar refractivity (Wildman–Crippen MR) is 132 cm³/mol. The first-order valence-corrected chi connectivity index (χ1v) is 14.7. The van der Waals surface area contributed by atoms with Gasteiger partial charge in [0.2, 0.25) is 0 Å². The summed E-state index contributed by atoms with van der Waals surface area (Å²) in [5.41, 5.74) is 2.30. The van der Waals surface area contributed by atoms with Crippen molar-refractivity contribution in [3.63, 3.8) is 0 Å². The van der Waals surface area contributed by atoms with Gasteiger partial charge in [-0.1, -0.05) is 84.4 Å². The summed E-state index contributed by atoms with van der Waals surface area (Å²) in [4.78, 5) is 16.5. The van der Waals surface area contributed by atoms with Gasteiger partial charge in [-0.3, -0.25) is 0 Å². The number of aromatic nitrogens is 1. The van der Waals surface area contributed by atoms with Crippen molar-refractivity contribution in [2.45, 2.75) is 96.9 Å². The van der Waals surface area contributed by atoms with Gasteiger partial charge >= 0.3 is 5.97 Å². The lowest BCUT2D eigenvalue weighted by Crippen LogP contribution is -2.41. The number of benzene rings is 1. The summed E-state index contributed by atoms with van der Waals surface area (Å²) in [5.74, 6) is -0.409. The molecule has 2 rings (SSSR count). The van der Waals surface area contributed by atoms with Crippen LogP contribution >= 0.6 is 0 Å². The standard InChI is InChI=1S/C26H41NO3Si/c1-8-9-10-11-12-13-14-24(30-31(6,7)26(2,3)4)21-16-15-20-17-18-22(25(28)29-5)27-23(20)19-21/h15-19,24H,8-14H2,1-7H3. The van der Waals surface area contributed by atoms with E-state index in [9.17, 15) is 4.79 Å². The number of hydrogen-bond acceptors (Lipinski definition) is 4. The number of rotatable bonds is 11. The maximum Gasteiger partial charge on any atom is 0.356 e. The number of carbonyl (C=O) groups excluding carboxylic acids is 1. The summed E-state index contributed by atoms with van der Waals surface area (Å²) >= 11 is 0. The topological polar surface area (TPSA) is 48.4 Å². The fraction of sp³-hybridized carbons (Fsp3) is 0.615. The summed E-state index contributed by atoms with van der Waals surface area (Å²) in [7, 11) is -0.545. The zero-order valence-electron chi connectivity index (χ0n) is 20.6. The Balaban J connectivity index is 2.28. The van der Waals surface area contributed by atoms with E-state index in [2.05, 4.69) is 64.0 Å². The minimum atomic E-state index is -1.93. The Labute approximate surface area is 189 Å². The molecule has 1 unspecified atom stereocenters. The van der Waals surface area contributed by atoms with Crippen molar-refractivity contribution in [1.82, 2.24) is 4.98 Å². The summed E-state index contributed by atoms with van der Waals surface area (Å²) in [6.07, 6.45) is 8.69. The molecular formula is C26H41NO3Si. The van der Waals surface area contributed by atoms with Gasteiger partial charge in [0.15, 0.2) is 8.32 Å². The van der Waals surface area contributed by atoms with Crippen LogP contribution in [0.1, 0.15) is 94.8 Å². The molecule has 0 aliphatic rings. The maximum absolute atomic E-state index is 11.9. The highest BCUT2D eigenvalue weighted by Crippen LogP contribution is 2.41. The van der Waals surface area contributed by atoms with Crippen LogP contribution in [0.15, 0.2) is 30.3 Å². The molecule has 5 heteroatoms. The van der Waals surface area contributed by atoms with Crippen molar-refractivity contribution < 1.29 is 14.0 Å². The highest BCUT2D eigenvalue weighted by Gasteiger charge is 2.39. The van der Waals surface area contributed by atoms with Crippen molar-refractivity contribution in [3.8, 4) is 0 Å². The van der Waals surface area contributed by atoms with Crippen LogP contribution in [0.4, 0.5) is 0 Å². The van der Waals surface area contributed by atoms with E-state index >= 15 is 0 Å². The normalized spacial score (nSPS) is 13.4. The van der Waals surface area contributed by atoms with Gasteiger partial charge in [0.25, 0.3) is 0 Å². The van der Waals surface area contributed by atoms with E-state index in [1.165, 1.54) is 39.2 Å². The summed E-state index contributed by atoms with van der Waals surface area (Å²) in [5, 5.41) is 1.17. The predicted octanol–water partition coefficient (Wildman–Crippen LogP) is 7.83. The average molecular weight is 444 g/mol. The molecule has 172 valence electrons. The lowest BCUT2D eigenvalue weighted by molar-refractivity contribution is 0.0594. The highest BCUT2D eigenvalue weighted by atomic mass is 28.4. The van der Waals surface area contributed by atoms with Gasteiger partial charge in [0, 0.05) is 5.39 Å². The molecule has 4 nitrogen and oxygen atoms in total. The van der Waals surface area contributed by atoms with Crippen molar-refractivity contribution >= 4 is 25.2 Å². The molecule has 0 spiro atoms. The Kier molecular flexibility index (Phi) is 9.25. The average Bonchev–Trinajstić information content (AvgIpc) is 2.73. The van der Waals surface area contributed by atoms with Gasteiger partial charge in [0.1, 0.15) is 5.69 Å². The molecule has 0 bridgehead atoms. The van der Waals surface area contributed by atoms with Crippen LogP contribution in [-0.4, -0.2) is 26.4 Å². The summed E-state index contributed by atoms with van der Waals surface area (Å²) < 4.78 is 11.7. The monoisotopic (exact) mass is 443 g/mol. The first-order valence-electron chi connectivity index (χ1n) is 11.8. The molecule has 0 fully saturated rings. The smallest absolute Gasteiger partial charge is 0.356 e. The molecule has 1 aromatic carbocycles. The molecule has 1 heterocycles. The molecule has 0 aliphatic carbocycles. The Bertz CT molecular complexity index is 857. The number of hydrogen-bond donors (Lipinski definition) is 0. The van der Waals surface area contributed by atoms with Crippen molar-refractivity contribution in [3.05, 3.63) is 41.6 Å². The Morgan fingerprint density at radius 1 is 1.03 bits per heavy atom. The van der Waals surface area contributed by atoms with Crippen LogP contribution in [0.25, 0.3) is 10.9 Å². The fourth-order valence-electron chi connectivity index (χ4n) is 3.49. The number of methoxy groups -OCH3 is 1. The zero-order valence-corrected chi connectivity index (χ0v) is 21.6. The molecule has 0 aliphatic heterocycles. The molecule has 1 atom stereocenters. The van der Waals surface area contributed by atoms with Crippen molar-refractivity contribution in [2.75, 3.05) is 7.11 Å². The SMILES string of the molecule is CCCCCCCCC(O[Si](C)(C)C(C)(C)C)c1ccc2ccc(C(=O)OC)nc2c1. The highest BCUT2D eigenvalue weighted by molar-refractivity contribution is 6.74. The van der Waals surface area contributed by atoms with Crippen molar-refractivity contribution in [2.24, 2.45) is 0 Å². The van der Waals surface area contributed by atoms with Crippen LogP contribution in [0, 0.1) is 0 Å². The molecular weight excluding hydrogens is 402 g/mol. The maximum atomic E-state index is 11.9. The molecule has 31 heavy (non-hydrogen) atoms. The molecule has 0 amide bonds. The fourth-order valence-corrected chi connectivity index (χ4v) is 4.81. The first-order chi connectivity index (χ1) is 14.6. The Morgan fingerprint density at radius 2 is 1.68 bits per heavy atom. The second-order valence-corrected chi connectivity index (χ2v) is 14.8. The van der Waals surface area contributed by atoms with Crippen LogP contribution in [0.5, 0.6) is 0 Å². The number of pyridine rings is 1. The molecule has 2 aromatic rings. The minimum absolute atomic E-state index is 0.0556. The molecule has 0 saturated heterocycles. The quantitative estimate of drug-likeness (QED) is 0.202. The zero-order chi connectivity index (χ0) is 23.1. The van der Waals surface area contributed by atoms with E-state index in [1.807, 2.05) is 6.07 Å². The second kappa shape index (κ2) is 11.2. The largest absolute Gasteiger partial charge is 0.464 e. The number of esters is 1. The minimum Gasteiger partial charge on any atom is -0.464 e. The van der Waals surface area contributed by atoms with E-state index < -0.39 is 14.3 Å². The lowest BCUT2D eigenvalue weighted by atomic mass is 10.0. The van der Waals surface area contributed by atoms with E-state index in [0.29, 0.717) is 5.69 Å². The van der Waals surface area contributed by atoms with E-state index in [4.69, 9.17) is 9.16 Å². The Hall–Kier alpha value is -1.72. The molecule has 0 N–H and O–H groups in total. The lowest BCUT2D eigenvalue weighted by Gasteiger charge is -2.39. The number of nitrogens with zero attached hydrogens (tertiary/aromatic N) is 1. The van der Waals surface area contributed by atoms with Gasteiger partial charge in [-0.15, -0.1) is 0 Å². The number of ether oxygens (including phenoxy) is 1. The van der Waals surface area contributed by atoms with Gasteiger partial charge in [-0.2, -0.15) is 0 Å². The van der Waals surface area contributed by atoms with Crippen LogP contribution in [0.3, 0.4) is 0 Å². The van der Waals surface area contributed by atoms with Crippen LogP contribution in [-0.2, 0) is 9.16 Å². The van der Waals surface area contributed by atoms with Gasteiger partial charge in [0.05, 0.1) is 18.7 Å². The van der Waals surface area contributed by atoms with Crippen LogP contribution < -0.4 is 0 Å². The molecule has 1 aromatic heterocycles. The third-order valence-electron chi connectivity index (χ3n) is 6.55. The number of unbranched alkanes of at least 4 members (excludes halogenated alkanes) is 5.